The topological polar surface area (TPSA) is 88.7 Å². The molecular weight excluding hydrogens is 442 g/mol. The highest BCUT2D eigenvalue weighted by Gasteiger charge is 2.16. The van der Waals surface area contributed by atoms with E-state index in [9.17, 15) is 9.59 Å². The van der Waals surface area contributed by atoms with Crippen molar-refractivity contribution in [3.8, 4) is 5.75 Å². The molecule has 1 aliphatic rings. The van der Waals surface area contributed by atoms with Crippen LogP contribution in [0.15, 0.2) is 78.9 Å². The fourth-order valence-electron chi connectivity index (χ4n) is 3.85. The zero-order valence-electron chi connectivity index (χ0n) is 19.7. The Morgan fingerprint density at radius 1 is 0.857 bits per heavy atom. The predicted octanol–water partition coefficient (Wildman–Crippen LogP) is 4.87. The van der Waals surface area contributed by atoms with Crippen molar-refractivity contribution >= 4 is 28.9 Å². The molecule has 1 atom stereocenters. The maximum absolute atomic E-state index is 12.5. The van der Waals surface area contributed by atoms with Crippen molar-refractivity contribution in [2.45, 2.75) is 31.8 Å². The zero-order valence-corrected chi connectivity index (χ0v) is 19.7. The van der Waals surface area contributed by atoms with Gasteiger partial charge in [-0.15, -0.1) is 0 Å². The number of carbonyl (C=O) groups is 2. The highest BCUT2D eigenvalue weighted by molar-refractivity contribution is 5.95. The van der Waals surface area contributed by atoms with Crippen LogP contribution in [0.4, 0.5) is 17.1 Å². The molecule has 4 rings (SSSR count). The average molecular weight is 474 g/mol. The minimum atomic E-state index is -0.191. The lowest BCUT2D eigenvalue weighted by molar-refractivity contribution is -0.116. The lowest BCUT2D eigenvalue weighted by Gasteiger charge is -2.13. The fourth-order valence-corrected chi connectivity index (χ4v) is 3.85. The van der Waals surface area contributed by atoms with Gasteiger partial charge < -0.3 is 25.4 Å². The Bertz CT molecular complexity index is 1110. The molecule has 35 heavy (non-hydrogen) atoms. The van der Waals surface area contributed by atoms with Gasteiger partial charge in [-0.05, 0) is 55.2 Å². The molecule has 1 aliphatic heterocycles. The van der Waals surface area contributed by atoms with Crippen molar-refractivity contribution in [3.63, 3.8) is 0 Å². The number of amides is 2. The molecule has 3 aromatic rings. The number of aryl methyl sites for hydroxylation is 1. The first-order valence-electron chi connectivity index (χ1n) is 12.0. The second-order valence-corrected chi connectivity index (χ2v) is 8.49. The molecule has 1 heterocycles. The maximum atomic E-state index is 12.5. The normalized spacial score (nSPS) is 14.8. The van der Waals surface area contributed by atoms with E-state index in [1.54, 1.807) is 24.3 Å². The number of ether oxygens (including phenoxy) is 2. The van der Waals surface area contributed by atoms with Gasteiger partial charge in [-0.25, -0.2) is 0 Å². The van der Waals surface area contributed by atoms with Gasteiger partial charge >= 0.3 is 0 Å². The third-order valence-electron chi connectivity index (χ3n) is 5.66. The minimum Gasteiger partial charge on any atom is -0.491 e. The number of anilines is 3. The Kier molecular flexibility index (Phi) is 8.73. The fraction of sp³-hybridized carbons (Fsp3) is 0.286. The van der Waals surface area contributed by atoms with Gasteiger partial charge in [-0.2, -0.15) is 0 Å². The summed E-state index contributed by atoms with van der Waals surface area (Å²) in [7, 11) is 0. The zero-order chi connectivity index (χ0) is 24.3. The van der Waals surface area contributed by atoms with Gasteiger partial charge in [0.15, 0.2) is 0 Å². The van der Waals surface area contributed by atoms with E-state index in [4.69, 9.17) is 9.47 Å². The highest BCUT2D eigenvalue weighted by Crippen LogP contribution is 2.20. The van der Waals surface area contributed by atoms with Crippen LogP contribution in [0.2, 0.25) is 0 Å². The number of rotatable bonds is 11. The summed E-state index contributed by atoms with van der Waals surface area (Å²) in [6.07, 6.45) is 3.32. The lowest BCUT2D eigenvalue weighted by atomic mass is 10.1. The molecule has 0 aliphatic carbocycles. The van der Waals surface area contributed by atoms with E-state index in [1.165, 1.54) is 0 Å². The van der Waals surface area contributed by atoms with E-state index in [0.717, 1.165) is 36.4 Å². The van der Waals surface area contributed by atoms with Gasteiger partial charge in [0.05, 0.1) is 12.6 Å². The lowest BCUT2D eigenvalue weighted by Crippen LogP contribution is -2.22. The summed E-state index contributed by atoms with van der Waals surface area (Å²) in [4.78, 5) is 24.8. The Hall–Kier alpha value is -3.84. The summed E-state index contributed by atoms with van der Waals surface area (Å²) in [5.74, 6) is 0.477. The molecule has 182 valence electrons. The monoisotopic (exact) mass is 473 g/mol. The summed E-state index contributed by atoms with van der Waals surface area (Å²) in [5, 5.41) is 8.87. The number of hydrogen-bond acceptors (Lipinski definition) is 5. The molecule has 2 amide bonds. The van der Waals surface area contributed by atoms with E-state index in [-0.39, 0.29) is 24.5 Å². The van der Waals surface area contributed by atoms with Crippen LogP contribution < -0.4 is 20.7 Å². The van der Waals surface area contributed by atoms with Crippen LogP contribution in [0, 0.1) is 0 Å². The largest absolute Gasteiger partial charge is 0.491 e. The first-order chi connectivity index (χ1) is 17.1. The molecule has 1 fully saturated rings. The Labute approximate surface area is 205 Å². The standard InChI is InChI=1S/C28H31N3O4/c32-27(15-14-21-7-2-1-3-8-21)30-23-10-4-11-24(17-23)31-28(33)19-29-22-9-5-12-25(18-22)35-20-26-13-6-16-34-26/h1-5,7-12,17-18,26,29H,6,13-16,19-20H2,(H,30,32)(H,31,33). The Morgan fingerprint density at radius 3 is 2.37 bits per heavy atom. The molecule has 0 aromatic heterocycles. The molecular formula is C28H31N3O4. The average Bonchev–Trinajstić information content (AvgIpc) is 3.40. The van der Waals surface area contributed by atoms with Crippen molar-refractivity contribution in [1.29, 1.82) is 0 Å². The molecule has 7 heteroatoms. The van der Waals surface area contributed by atoms with Crippen LogP contribution in [-0.4, -0.2) is 37.7 Å². The molecule has 3 aromatic carbocycles. The van der Waals surface area contributed by atoms with Crippen molar-refractivity contribution in [3.05, 3.63) is 84.4 Å². The third-order valence-corrected chi connectivity index (χ3v) is 5.66. The molecule has 0 radical (unpaired) electrons. The van der Waals surface area contributed by atoms with Gasteiger partial charge in [-0.1, -0.05) is 42.5 Å². The second kappa shape index (κ2) is 12.6. The molecule has 0 spiro atoms. The summed E-state index contributed by atoms with van der Waals surface area (Å²) in [5.41, 5.74) is 3.18. The smallest absolute Gasteiger partial charge is 0.243 e. The number of benzene rings is 3. The van der Waals surface area contributed by atoms with Crippen LogP contribution in [0.5, 0.6) is 5.75 Å². The van der Waals surface area contributed by atoms with Crippen LogP contribution in [0.3, 0.4) is 0 Å². The third kappa shape index (κ3) is 8.15. The molecule has 7 nitrogen and oxygen atoms in total. The van der Waals surface area contributed by atoms with Gasteiger partial charge in [0.2, 0.25) is 11.8 Å². The van der Waals surface area contributed by atoms with Gasteiger partial charge in [0, 0.05) is 36.2 Å². The van der Waals surface area contributed by atoms with Crippen molar-refractivity contribution in [2.75, 3.05) is 35.7 Å². The van der Waals surface area contributed by atoms with Crippen molar-refractivity contribution in [2.24, 2.45) is 0 Å². The van der Waals surface area contributed by atoms with Crippen LogP contribution in [-0.2, 0) is 20.7 Å². The second-order valence-electron chi connectivity index (χ2n) is 8.49. The maximum Gasteiger partial charge on any atom is 0.243 e. The minimum absolute atomic E-state index is 0.0689. The summed E-state index contributed by atoms with van der Waals surface area (Å²) < 4.78 is 11.4. The van der Waals surface area contributed by atoms with Crippen molar-refractivity contribution in [1.82, 2.24) is 0 Å². The van der Waals surface area contributed by atoms with Gasteiger partial charge in [-0.3, -0.25) is 9.59 Å². The quantitative estimate of drug-likeness (QED) is 0.370. The predicted molar refractivity (Wildman–Crippen MR) is 138 cm³/mol. The van der Waals surface area contributed by atoms with Crippen LogP contribution >= 0.6 is 0 Å². The number of carbonyl (C=O) groups excluding carboxylic acids is 2. The van der Waals surface area contributed by atoms with E-state index in [0.29, 0.717) is 30.8 Å². The first-order valence-corrected chi connectivity index (χ1v) is 12.0. The summed E-state index contributed by atoms with van der Waals surface area (Å²) >= 11 is 0. The SMILES string of the molecule is O=C(CCc1ccccc1)Nc1cccc(NC(=O)CNc2cccc(OCC3CCCO3)c2)c1. The van der Waals surface area contributed by atoms with E-state index < -0.39 is 0 Å². The van der Waals surface area contributed by atoms with Crippen LogP contribution in [0.1, 0.15) is 24.8 Å². The molecule has 1 saturated heterocycles. The summed E-state index contributed by atoms with van der Waals surface area (Å²) in [6.45, 7) is 1.43. The number of hydrogen-bond donors (Lipinski definition) is 3. The molecule has 0 saturated carbocycles. The Balaban J connectivity index is 1.21. The van der Waals surface area contributed by atoms with E-state index >= 15 is 0 Å². The molecule has 0 bridgehead atoms. The summed E-state index contributed by atoms with van der Waals surface area (Å²) in [6, 6.07) is 24.6. The van der Waals surface area contributed by atoms with Crippen molar-refractivity contribution < 1.29 is 19.1 Å². The van der Waals surface area contributed by atoms with Gasteiger partial charge in [0.1, 0.15) is 12.4 Å². The highest BCUT2D eigenvalue weighted by atomic mass is 16.5. The molecule has 1 unspecified atom stereocenters. The van der Waals surface area contributed by atoms with Gasteiger partial charge in [0.25, 0.3) is 0 Å². The first kappa shape index (κ1) is 24.3. The molecule has 3 N–H and O–H groups in total. The van der Waals surface area contributed by atoms with E-state index in [2.05, 4.69) is 16.0 Å². The Morgan fingerprint density at radius 2 is 1.60 bits per heavy atom. The number of nitrogens with one attached hydrogen (secondary N) is 3. The van der Waals surface area contributed by atoms with Crippen LogP contribution in [0.25, 0.3) is 0 Å². The van der Waals surface area contributed by atoms with E-state index in [1.807, 2.05) is 54.6 Å².